The minimum atomic E-state index is -0.414. The van der Waals surface area contributed by atoms with Crippen molar-refractivity contribution in [2.45, 2.75) is 25.8 Å². The largest absolute Gasteiger partial charge is 0.397 e. The van der Waals surface area contributed by atoms with Crippen molar-refractivity contribution in [1.29, 1.82) is 0 Å². The van der Waals surface area contributed by atoms with E-state index in [1.165, 1.54) is 0 Å². The first-order valence-corrected chi connectivity index (χ1v) is 5.39. The molecule has 90 valence electrons. The fraction of sp³-hybridized carbons (Fsp3) is 0.364. The van der Waals surface area contributed by atoms with Gasteiger partial charge in [0.1, 0.15) is 11.9 Å². The van der Waals surface area contributed by atoms with Crippen molar-refractivity contribution >= 4 is 23.3 Å². The molecule has 1 fully saturated rings. The molecule has 2 heterocycles. The average molecular weight is 234 g/mol. The number of aromatic nitrogens is 1. The van der Waals surface area contributed by atoms with Crippen molar-refractivity contribution < 1.29 is 9.59 Å². The summed E-state index contributed by atoms with van der Waals surface area (Å²) in [6.07, 6.45) is 0.827. The highest BCUT2D eigenvalue weighted by molar-refractivity contribution is 6.01. The number of piperidine rings is 1. The van der Waals surface area contributed by atoms with E-state index in [4.69, 9.17) is 5.73 Å². The monoisotopic (exact) mass is 234 g/mol. The Kier molecular flexibility index (Phi) is 2.95. The summed E-state index contributed by atoms with van der Waals surface area (Å²) in [6.45, 7) is 1.80. The molecular formula is C11H14N4O2. The maximum atomic E-state index is 11.5. The number of hydrogen-bond acceptors (Lipinski definition) is 5. The second-order valence-electron chi connectivity index (χ2n) is 4.02. The number of anilines is 2. The minimum absolute atomic E-state index is 0.227. The van der Waals surface area contributed by atoms with Crippen LogP contribution in [0.25, 0.3) is 0 Å². The number of imide groups is 1. The van der Waals surface area contributed by atoms with Crippen LogP contribution in [-0.2, 0) is 9.59 Å². The molecule has 0 bridgehead atoms. The molecule has 6 heteroatoms. The highest BCUT2D eigenvalue weighted by Crippen LogP contribution is 2.15. The van der Waals surface area contributed by atoms with Crippen LogP contribution >= 0.6 is 0 Å². The zero-order valence-corrected chi connectivity index (χ0v) is 9.49. The van der Waals surface area contributed by atoms with Crippen molar-refractivity contribution in [3.8, 4) is 0 Å². The Bertz CT molecular complexity index is 473. The predicted octanol–water partition coefficient (Wildman–Crippen LogP) is 0.189. The van der Waals surface area contributed by atoms with Crippen molar-refractivity contribution in [3.05, 3.63) is 17.8 Å². The molecule has 4 N–H and O–H groups in total. The molecule has 1 atom stereocenters. The maximum Gasteiger partial charge on any atom is 0.249 e. The summed E-state index contributed by atoms with van der Waals surface area (Å²) in [5.41, 5.74) is 6.97. The highest BCUT2D eigenvalue weighted by Gasteiger charge is 2.26. The van der Waals surface area contributed by atoms with E-state index in [2.05, 4.69) is 15.6 Å². The molecule has 0 radical (unpaired) electrons. The smallest absolute Gasteiger partial charge is 0.249 e. The quantitative estimate of drug-likeness (QED) is 0.635. The van der Waals surface area contributed by atoms with Crippen molar-refractivity contribution in [1.82, 2.24) is 10.3 Å². The third kappa shape index (κ3) is 2.52. The molecular weight excluding hydrogens is 220 g/mol. The lowest BCUT2D eigenvalue weighted by Gasteiger charge is -2.22. The van der Waals surface area contributed by atoms with Gasteiger partial charge in [0.05, 0.1) is 11.4 Å². The van der Waals surface area contributed by atoms with Crippen molar-refractivity contribution in [3.63, 3.8) is 0 Å². The van der Waals surface area contributed by atoms with E-state index in [0.29, 0.717) is 30.0 Å². The molecule has 1 aliphatic rings. The second kappa shape index (κ2) is 4.40. The number of nitrogen functional groups attached to an aromatic ring is 1. The van der Waals surface area contributed by atoms with Gasteiger partial charge in [0.2, 0.25) is 11.8 Å². The van der Waals surface area contributed by atoms with Crippen LogP contribution in [-0.4, -0.2) is 22.8 Å². The van der Waals surface area contributed by atoms with Crippen molar-refractivity contribution in [2.24, 2.45) is 0 Å². The fourth-order valence-corrected chi connectivity index (χ4v) is 1.66. The van der Waals surface area contributed by atoms with Crippen LogP contribution in [0.2, 0.25) is 0 Å². The molecule has 1 aromatic rings. The third-order valence-electron chi connectivity index (χ3n) is 2.69. The lowest BCUT2D eigenvalue weighted by Crippen LogP contribution is -2.47. The maximum absolute atomic E-state index is 11.5. The first-order valence-electron chi connectivity index (χ1n) is 5.39. The van der Waals surface area contributed by atoms with Crippen LogP contribution in [0, 0.1) is 6.92 Å². The molecule has 0 aromatic carbocycles. The van der Waals surface area contributed by atoms with Crippen LogP contribution in [0.4, 0.5) is 11.5 Å². The molecule has 0 spiro atoms. The number of carbonyl (C=O) groups is 2. The Labute approximate surface area is 98.6 Å². The van der Waals surface area contributed by atoms with E-state index in [0.717, 1.165) is 0 Å². The lowest BCUT2D eigenvalue weighted by molar-refractivity contribution is -0.133. The van der Waals surface area contributed by atoms with Gasteiger partial charge in [0, 0.05) is 6.42 Å². The standard InChI is InChI=1S/C11H14N4O2/c1-6-7(12)2-4-9(13-6)14-8-3-5-10(16)15-11(8)17/h2,4,8H,3,5,12H2,1H3,(H,13,14)(H,15,16,17). The van der Waals surface area contributed by atoms with Crippen LogP contribution in [0.3, 0.4) is 0 Å². The minimum Gasteiger partial charge on any atom is -0.397 e. The van der Waals surface area contributed by atoms with Gasteiger partial charge in [0.25, 0.3) is 0 Å². The molecule has 1 saturated heterocycles. The number of nitrogens with one attached hydrogen (secondary N) is 2. The number of aryl methyl sites for hydroxylation is 1. The topological polar surface area (TPSA) is 97.1 Å². The Hall–Kier alpha value is -2.11. The SMILES string of the molecule is Cc1nc(NC2CCC(=O)NC2=O)ccc1N. The number of nitrogens with zero attached hydrogens (tertiary/aromatic N) is 1. The first-order chi connectivity index (χ1) is 8.06. The van der Waals surface area contributed by atoms with E-state index in [1.807, 2.05) is 0 Å². The Morgan fingerprint density at radius 1 is 1.47 bits per heavy atom. The molecule has 1 aliphatic heterocycles. The molecule has 2 rings (SSSR count). The first kappa shape index (κ1) is 11.4. The van der Waals surface area contributed by atoms with Gasteiger partial charge < -0.3 is 11.1 Å². The summed E-state index contributed by atoms with van der Waals surface area (Å²) in [5, 5.41) is 5.27. The molecule has 0 saturated carbocycles. The lowest BCUT2D eigenvalue weighted by atomic mass is 10.1. The number of nitrogens with two attached hydrogens (primary N) is 1. The summed E-state index contributed by atoms with van der Waals surface area (Å²) in [5.74, 6) is 0.0539. The van der Waals surface area contributed by atoms with Crippen molar-refractivity contribution in [2.75, 3.05) is 11.1 Å². The molecule has 6 nitrogen and oxygen atoms in total. The van der Waals surface area contributed by atoms with Gasteiger partial charge >= 0.3 is 0 Å². The van der Waals surface area contributed by atoms with Gasteiger partial charge in [-0.15, -0.1) is 0 Å². The van der Waals surface area contributed by atoms with Crippen LogP contribution in [0.15, 0.2) is 12.1 Å². The van der Waals surface area contributed by atoms with Gasteiger partial charge in [-0.2, -0.15) is 0 Å². The van der Waals surface area contributed by atoms with Gasteiger partial charge in [-0.1, -0.05) is 0 Å². The summed E-state index contributed by atoms with van der Waals surface area (Å²) in [6, 6.07) is 3.03. The van der Waals surface area contributed by atoms with Gasteiger partial charge in [-0.05, 0) is 25.5 Å². The Morgan fingerprint density at radius 3 is 2.88 bits per heavy atom. The van der Waals surface area contributed by atoms with E-state index in [1.54, 1.807) is 19.1 Å². The average Bonchev–Trinajstić information content (AvgIpc) is 2.27. The summed E-state index contributed by atoms with van der Waals surface area (Å²) in [7, 11) is 0. The molecule has 1 aromatic heterocycles. The van der Waals surface area contributed by atoms with Crippen LogP contribution < -0.4 is 16.4 Å². The Morgan fingerprint density at radius 2 is 2.24 bits per heavy atom. The second-order valence-corrected chi connectivity index (χ2v) is 4.02. The number of pyridine rings is 1. The van der Waals surface area contributed by atoms with Crippen LogP contribution in [0.5, 0.6) is 0 Å². The van der Waals surface area contributed by atoms with E-state index < -0.39 is 6.04 Å². The number of rotatable bonds is 2. The van der Waals surface area contributed by atoms with Gasteiger partial charge in [0.15, 0.2) is 0 Å². The highest BCUT2D eigenvalue weighted by atomic mass is 16.2. The van der Waals surface area contributed by atoms with E-state index in [-0.39, 0.29) is 11.8 Å². The van der Waals surface area contributed by atoms with Crippen LogP contribution in [0.1, 0.15) is 18.5 Å². The molecule has 17 heavy (non-hydrogen) atoms. The van der Waals surface area contributed by atoms with Gasteiger partial charge in [-0.25, -0.2) is 4.98 Å². The predicted molar refractivity (Wildman–Crippen MR) is 63.2 cm³/mol. The van der Waals surface area contributed by atoms with E-state index in [9.17, 15) is 9.59 Å². The molecule has 1 unspecified atom stereocenters. The normalized spacial score (nSPS) is 19.9. The summed E-state index contributed by atoms with van der Waals surface area (Å²) in [4.78, 5) is 26.7. The third-order valence-corrected chi connectivity index (χ3v) is 2.69. The number of amides is 2. The zero-order chi connectivity index (χ0) is 12.4. The Balaban J connectivity index is 2.08. The summed E-state index contributed by atoms with van der Waals surface area (Å²) < 4.78 is 0. The molecule has 2 amide bonds. The molecule has 0 aliphatic carbocycles. The number of carbonyl (C=O) groups excluding carboxylic acids is 2. The number of hydrogen-bond donors (Lipinski definition) is 3. The fourth-order valence-electron chi connectivity index (χ4n) is 1.66. The van der Waals surface area contributed by atoms with Gasteiger partial charge in [-0.3, -0.25) is 14.9 Å². The van der Waals surface area contributed by atoms with E-state index >= 15 is 0 Å². The zero-order valence-electron chi connectivity index (χ0n) is 9.49. The summed E-state index contributed by atoms with van der Waals surface area (Å²) >= 11 is 0.